The molecule has 0 unspecified atom stereocenters. The number of anilines is 1. The second kappa shape index (κ2) is 11.6. The fraction of sp³-hybridized carbons (Fsp3) is 0.409. The lowest BCUT2D eigenvalue weighted by atomic mass is 10.1. The number of ether oxygens (including phenoxy) is 1. The maximum absolute atomic E-state index is 13.4. The molecule has 1 amide bonds. The highest BCUT2D eigenvalue weighted by molar-refractivity contribution is 7.92. The fourth-order valence-electron chi connectivity index (χ4n) is 3.07. The zero-order chi connectivity index (χ0) is 24.6. The second-order valence-electron chi connectivity index (χ2n) is 7.29. The van der Waals surface area contributed by atoms with Crippen molar-refractivity contribution in [1.82, 2.24) is 5.32 Å². The minimum absolute atomic E-state index is 0.0260. The van der Waals surface area contributed by atoms with Crippen LogP contribution in [0.5, 0.6) is 5.75 Å². The molecule has 11 heteroatoms. The van der Waals surface area contributed by atoms with Crippen molar-refractivity contribution >= 4 is 33.2 Å². The van der Waals surface area contributed by atoms with E-state index >= 15 is 0 Å². The molecule has 33 heavy (non-hydrogen) atoms. The van der Waals surface area contributed by atoms with Gasteiger partial charge in [0.1, 0.15) is 12.4 Å². The Kier molecular flexibility index (Phi) is 9.42. The number of nitrogens with one attached hydrogen (secondary N) is 1. The van der Waals surface area contributed by atoms with Gasteiger partial charge in [-0.1, -0.05) is 30.7 Å². The number of halogens is 4. The van der Waals surface area contributed by atoms with E-state index in [-0.39, 0.29) is 43.5 Å². The van der Waals surface area contributed by atoms with Gasteiger partial charge in [-0.3, -0.25) is 9.10 Å². The van der Waals surface area contributed by atoms with Crippen molar-refractivity contribution in [1.29, 1.82) is 0 Å². The molecule has 2 rings (SSSR count). The summed E-state index contributed by atoms with van der Waals surface area (Å²) in [5.74, 6) is 0.314. The van der Waals surface area contributed by atoms with Crippen LogP contribution in [-0.4, -0.2) is 40.3 Å². The summed E-state index contributed by atoms with van der Waals surface area (Å²) in [6.45, 7) is 2.23. The van der Waals surface area contributed by atoms with E-state index in [1.54, 1.807) is 0 Å². The highest BCUT2D eigenvalue weighted by Crippen LogP contribution is 2.39. The van der Waals surface area contributed by atoms with Crippen molar-refractivity contribution in [2.45, 2.75) is 32.4 Å². The Hall–Kier alpha value is -2.46. The molecule has 0 aliphatic heterocycles. The van der Waals surface area contributed by atoms with E-state index < -0.39 is 27.5 Å². The molecule has 0 fully saturated rings. The fourth-order valence-corrected chi connectivity index (χ4v) is 4.22. The molecule has 0 aromatic heterocycles. The molecule has 1 N–H and O–H groups in total. The number of alkyl halides is 3. The predicted octanol–water partition coefficient (Wildman–Crippen LogP) is 4.66. The van der Waals surface area contributed by atoms with E-state index in [4.69, 9.17) is 16.3 Å². The van der Waals surface area contributed by atoms with Crippen LogP contribution in [0.1, 0.15) is 30.9 Å². The first-order valence-corrected chi connectivity index (χ1v) is 12.5. The van der Waals surface area contributed by atoms with Crippen molar-refractivity contribution in [3.8, 4) is 5.75 Å². The lowest BCUT2D eigenvalue weighted by Crippen LogP contribution is -2.34. The van der Waals surface area contributed by atoms with Crippen LogP contribution >= 0.6 is 11.6 Å². The summed E-state index contributed by atoms with van der Waals surface area (Å²) >= 11 is 5.67. The van der Waals surface area contributed by atoms with Crippen LogP contribution in [0.4, 0.5) is 18.9 Å². The van der Waals surface area contributed by atoms with Crippen LogP contribution in [0.25, 0.3) is 0 Å². The number of nitrogens with zero attached hydrogens (tertiary/aromatic N) is 1. The van der Waals surface area contributed by atoms with Crippen molar-refractivity contribution in [3.05, 3.63) is 58.6 Å². The van der Waals surface area contributed by atoms with E-state index in [0.717, 1.165) is 18.7 Å². The Morgan fingerprint density at radius 2 is 1.82 bits per heavy atom. The Morgan fingerprint density at radius 3 is 2.39 bits per heavy atom. The van der Waals surface area contributed by atoms with E-state index in [1.165, 1.54) is 11.6 Å². The lowest BCUT2D eigenvalue weighted by Gasteiger charge is -2.25. The summed E-state index contributed by atoms with van der Waals surface area (Å²) in [5, 5.41) is 2.48. The normalized spacial score (nSPS) is 11.8. The smallest absolute Gasteiger partial charge is 0.418 e. The molecule has 0 heterocycles. The molecule has 0 saturated heterocycles. The molecule has 0 atom stereocenters. The first-order valence-electron chi connectivity index (χ1n) is 10.2. The average Bonchev–Trinajstić information content (AvgIpc) is 2.73. The monoisotopic (exact) mass is 506 g/mol. The number of rotatable bonds is 11. The van der Waals surface area contributed by atoms with E-state index in [9.17, 15) is 26.4 Å². The third-order valence-corrected chi connectivity index (χ3v) is 6.14. The summed E-state index contributed by atoms with van der Waals surface area (Å²) in [4.78, 5) is 12.0. The highest BCUT2D eigenvalue weighted by Gasteiger charge is 2.36. The first kappa shape index (κ1) is 26.8. The van der Waals surface area contributed by atoms with Gasteiger partial charge in [-0.15, -0.1) is 0 Å². The van der Waals surface area contributed by atoms with Gasteiger partial charge in [0, 0.05) is 18.0 Å². The molecule has 182 valence electrons. The van der Waals surface area contributed by atoms with Crippen LogP contribution < -0.4 is 14.4 Å². The number of carbonyl (C=O) groups excluding carboxylic acids is 1. The topological polar surface area (TPSA) is 75.7 Å². The SMILES string of the molecule is CCc1ccc(OCCNC(=O)CCCN(c2ccc(Cl)cc2C(F)(F)F)S(C)(=O)=O)cc1. The first-order chi connectivity index (χ1) is 15.4. The number of sulfonamides is 1. The summed E-state index contributed by atoms with van der Waals surface area (Å²) in [6.07, 6.45) is -3.10. The summed E-state index contributed by atoms with van der Waals surface area (Å²) < 4.78 is 70.7. The molecule has 0 aliphatic rings. The molecule has 0 spiro atoms. The van der Waals surface area contributed by atoms with Crippen LogP contribution in [0.3, 0.4) is 0 Å². The molecule has 2 aromatic carbocycles. The molecule has 2 aromatic rings. The molecule has 0 saturated carbocycles. The van der Waals surface area contributed by atoms with E-state index in [0.29, 0.717) is 16.1 Å². The number of aryl methyl sites for hydroxylation is 1. The maximum Gasteiger partial charge on any atom is 0.418 e. The van der Waals surface area contributed by atoms with Crippen LogP contribution in [0, 0.1) is 0 Å². The van der Waals surface area contributed by atoms with Crippen molar-refractivity contribution in [2.24, 2.45) is 0 Å². The molecule has 0 bridgehead atoms. The van der Waals surface area contributed by atoms with Gasteiger partial charge in [-0.05, 0) is 48.7 Å². The molecular weight excluding hydrogens is 481 g/mol. The number of benzene rings is 2. The number of carbonyl (C=O) groups is 1. The highest BCUT2D eigenvalue weighted by atomic mass is 35.5. The number of hydrogen-bond acceptors (Lipinski definition) is 4. The van der Waals surface area contributed by atoms with Gasteiger partial charge in [0.25, 0.3) is 0 Å². The van der Waals surface area contributed by atoms with Gasteiger partial charge in [0.2, 0.25) is 15.9 Å². The standard InChI is InChI=1S/C22H26ClF3N2O4S/c1-3-16-6-9-18(10-7-16)32-14-12-27-21(29)5-4-13-28(33(2,30)31)20-11-8-17(23)15-19(20)22(24,25)26/h6-11,15H,3-5,12-14H2,1-2H3,(H,27,29). The molecular formula is C22H26ClF3N2O4S. The minimum Gasteiger partial charge on any atom is -0.492 e. The summed E-state index contributed by atoms with van der Waals surface area (Å²) in [6, 6.07) is 10.5. The van der Waals surface area contributed by atoms with Gasteiger partial charge in [0.05, 0.1) is 24.1 Å². The van der Waals surface area contributed by atoms with Crippen LogP contribution in [0.15, 0.2) is 42.5 Å². The average molecular weight is 507 g/mol. The van der Waals surface area contributed by atoms with Gasteiger partial charge in [0.15, 0.2) is 0 Å². The summed E-state index contributed by atoms with van der Waals surface area (Å²) in [7, 11) is -4.03. The summed E-state index contributed by atoms with van der Waals surface area (Å²) in [5.41, 5.74) is -0.508. The van der Waals surface area contributed by atoms with Gasteiger partial charge in [-0.2, -0.15) is 13.2 Å². The molecule has 0 radical (unpaired) electrons. The molecule has 6 nitrogen and oxygen atoms in total. The maximum atomic E-state index is 13.4. The predicted molar refractivity (Wildman–Crippen MR) is 122 cm³/mol. The third kappa shape index (κ3) is 8.43. The van der Waals surface area contributed by atoms with Crippen molar-refractivity contribution < 1.29 is 31.1 Å². The zero-order valence-electron chi connectivity index (χ0n) is 18.3. The van der Waals surface area contributed by atoms with Crippen LogP contribution in [0.2, 0.25) is 5.02 Å². The van der Waals surface area contributed by atoms with Gasteiger partial charge in [-0.25, -0.2) is 8.42 Å². The van der Waals surface area contributed by atoms with E-state index in [2.05, 4.69) is 5.32 Å². The minimum atomic E-state index is -4.79. The van der Waals surface area contributed by atoms with Crippen molar-refractivity contribution in [3.63, 3.8) is 0 Å². The Balaban J connectivity index is 1.89. The lowest BCUT2D eigenvalue weighted by molar-refractivity contribution is -0.137. The molecule has 0 aliphatic carbocycles. The second-order valence-corrected chi connectivity index (χ2v) is 9.64. The Labute approximate surface area is 196 Å². The quantitative estimate of drug-likeness (QED) is 0.450. The largest absolute Gasteiger partial charge is 0.492 e. The third-order valence-electron chi connectivity index (χ3n) is 4.72. The Bertz CT molecular complexity index is 1040. The number of hydrogen-bond donors (Lipinski definition) is 1. The van der Waals surface area contributed by atoms with Gasteiger partial charge >= 0.3 is 6.18 Å². The van der Waals surface area contributed by atoms with Crippen molar-refractivity contribution in [2.75, 3.05) is 30.3 Å². The van der Waals surface area contributed by atoms with Gasteiger partial charge < -0.3 is 10.1 Å². The number of amides is 1. The van der Waals surface area contributed by atoms with Crippen LogP contribution in [-0.2, 0) is 27.4 Å². The van der Waals surface area contributed by atoms with E-state index in [1.807, 2.05) is 31.2 Å². The Morgan fingerprint density at radius 1 is 1.15 bits per heavy atom. The zero-order valence-corrected chi connectivity index (χ0v) is 19.9.